The fourth-order valence-corrected chi connectivity index (χ4v) is 2.77. The Hall–Kier alpha value is 0.01000. The van der Waals surface area contributed by atoms with Gasteiger partial charge in [-0.3, -0.25) is 0 Å². The fraction of sp³-hybridized carbons (Fsp3) is 0.333. The smallest absolute Gasteiger partial charge is 0.0790 e. The van der Waals surface area contributed by atoms with Gasteiger partial charge in [-0.25, -0.2) is 0 Å². The molecular formula is C9H10BrNS. The highest BCUT2D eigenvalue weighted by atomic mass is 79.9. The highest BCUT2D eigenvalue weighted by Gasteiger charge is 2.15. The van der Waals surface area contributed by atoms with E-state index in [1.807, 2.05) is 11.8 Å². The second kappa shape index (κ2) is 3.81. The molecule has 0 saturated carbocycles. The van der Waals surface area contributed by atoms with Crippen molar-refractivity contribution >= 4 is 27.7 Å². The molecule has 3 heteroatoms. The van der Waals surface area contributed by atoms with Gasteiger partial charge in [0, 0.05) is 16.8 Å². The van der Waals surface area contributed by atoms with E-state index in [9.17, 15) is 0 Å². The van der Waals surface area contributed by atoms with Crippen LogP contribution < -0.4 is 5.32 Å². The summed E-state index contributed by atoms with van der Waals surface area (Å²) in [6, 6.07) is 8.49. The number of rotatable bonds is 1. The van der Waals surface area contributed by atoms with Gasteiger partial charge in [0.05, 0.1) is 5.37 Å². The number of thioether (sulfide) groups is 1. The predicted octanol–water partition coefficient (Wildman–Crippen LogP) is 2.78. The van der Waals surface area contributed by atoms with Gasteiger partial charge in [0.25, 0.3) is 0 Å². The first-order valence-corrected chi connectivity index (χ1v) is 5.81. The van der Waals surface area contributed by atoms with Gasteiger partial charge >= 0.3 is 0 Å². The lowest BCUT2D eigenvalue weighted by Gasteiger charge is -2.09. The van der Waals surface area contributed by atoms with Crippen LogP contribution in [0.4, 0.5) is 0 Å². The summed E-state index contributed by atoms with van der Waals surface area (Å²) < 4.78 is 1.16. The minimum atomic E-state index is 0.502. The van der Waals surface area contributed by atoms with Crippen LogP contribution in [0.1, 0.15) is 10.9 Å². The Kier molecular flexibility index (Phi) is 2.73. The summed E-state index contributed by atoms with van der Waals surface area (Å²) >= 11 is 5.44. The van der Waals surface area contributed by atoms with Crippen molar-refractivity contribution in [1.29, 1.82) is 0 Å². The summed E-state index contributed by atoms with van der Waals surface area (Å²) in [6.07, 6.45) is 0. The molecule has 1 aliphatic rings. The van der Waals surface area contributed by atoms with Crippen LogP contribution in [0, 0.1) is 0 Å². The molecule has 2 rings (SSSR count). The van der Waals surface area contributed by atoms with Crippen LogP contribution in [0.15, 0.2) is 28.7 Å². The third kappa shape index (κ3) is 1.84. The molecule has 1 aliphatic heterocycles. The van der Waals surface area contributed by atoms with Crippen molar-refractivity contribution in [2.45, 2.75) is 5.37 Å². The van der Waals surface area contributed by atoms with Crippen LogP contribution in [0.3, 0.4) is 0 Å². The Morgan fingerprint density at radius 3 is 3.08 bits per heavy atom. The number of hydrogen-bond acceptors (Lipinski definition) is 2. The van der Waals surface area contributed by atoms with Crippen LogP contribution in [0.2, 0.25) is 0 Å². The van der Waals surface area contributed by atoms with Crippen molar-refractivity contribution in [2.24, 2.45) is 0 Å². The second-order valence-electron chi connectivity index (χ2n) is 2.76. The molecule has 0 amide bonds. The largest absolute Gasteiger partial charge is 0.301 e. The maximum absolute atomic E-state index is 3.47. The second-order valence-corrected chi connectivity index (χ2v) is 4.89. The van der Waals surface area contributed by atoms with Gasteiger partial charge in [-0.15, -0.1) is 11.8 Å². The summed E-state index contributed by atoms with van der Waals surface area (Å²) in [5.41, 5.74) is 1.37. The van der Waals surface area contributed by atoms with Crippen LogP contribution in [-0.4, -0.2) is 12.3 Å². The van der Waals surface area contributed by atoms with E-state index in [4.69, 9.17) is 0 Å². The van der Waals surface area contributed by atoms with Gasteiger partial charge in [0.15, 0.2) is 0 Å². The molecule has 1 nitrogen and oxygen atoms in total. The molecule has 0 aliphatic carbocycles. The number of benzene rings is 1. The first-order chi connectivity index (χ1) is 5.86. The Morgan fingerprint density at radius 2 is 2.42 bits per heavy atom. The molecule has 1 N–H and O–H groups in total. The van der Waals surface area contributed by atoms with Gasteiger partial charge in [0.1, 0.15) is 0 Å². The number of nitrogens with one attached hydrogen (secondary N) is 1. The van der Waals surface area contributed by atoms with E-state index in [1.165, 1.54) is 11.3 Å². The molecule has 1 fully saturated rings. The fourth-order valence-electron chi connectivity index (χ4n) is 1.31. The molecular weight excluding hydrogens is 234 g/mol. The molecule has 12 heavy (non-hydrogen) atoms. The quantitative estimate of drug-likeness (QED) is 0.815. The first kappa shape index (κ1) is 8.60. The molecule has 0 unspecified atom stereocenters. The standard InChI is InChI=1S/C9H10BrNS/c10-8-3-1-2-7(6-8)9-11-4-5-12-9/h1-3,6,9,11H,4-5H2/t9-/m1/s1. The van der Waals surface area contributed by atoms with Crippen LogP contribution in [-0.2, 0) is 0 Å². The molecule has 1 atom stereocenters. The van der Waals surface area contributed by atoms with E-state index < -0.39 is 0 Å². The van der Waals surface area contributed by atoms with Gasteiger partial charge in [-0.05, 0) is 17.7 Å². The molecule has 1 saturated heterocycles. The highest BCUT2D eigenvalue weighted by Crippen LogP contribution is 2.30. The molecule has 64 valence electrons. The van der Waals surface area contributed by atoms with E-state index in [-0.39, 0.29) is 0 Å². The van der Waals surface area contributed by atoms with Gasteiger partial charge < -0.3 is 5.32 Å². The average Bonchev–Trinajstić information content (AvgIpc) is 2.56. The Labute approximate surface area is 85.1 Å². The van der Waals surface area contributed by atoms with Gasteiger partial charge in [0.2, 0.25) is 0 Å². The minimum absolute atomic E-state index is 0.502. The molecule has 0 spiro atoms. The molecule has 1 heterocycles. The first-order valence-electron chi connectivity index (χ1n) is 3.97. The van der Waals surface area contributed by atoms with Crippen LogP contribution in [0.25, 0.3) is 0 Å². The highest BCUT2D eigenvalue weighted by molar-refractivity contribution is 9.10. The average molecular weight is 244 g/mol. The summed E-state index contributed by atoms with van der Waals surface area (Å²) in [7, 11) is 0. The molecule has 0 aromatic heterocycles. The van der Waals surface area contributed by atoms with E-state index in [2.05, 4.69) is 45.5 Å². The maximum atomic E-state index is 3.47. The summed E-state index contributed by atoms with van der Waals surface area (Å²) in [5.74, 6) is 1.22. The third-order valence-corrected chi connectivity index (χ3v) is 3.57. The van der Waals surface area contributed by atoms with Crippen molar-refractivity contribution < 1.29 is 0 Å². The molecule has 0 radical (unpaired) electrons. The minimum Gasteiger partial charge on any atom is -0.301 e. The van der Waals surface area contributed by atoms with E-state index >= 15 is 0 Å². The summed E-state index contributed by atoms with van der Waals surface area (Å²) in [5, 5.41) is 3.94. The van der Waals surface area contributed by atoms with E-state index in [0.29, 0.717) is 5.37 Å². The monoisotopic (exact) mass is 243 g/mol. The van der Waals surface area contributed by atoms with Crippen LogP contribution >= 0.6 is 27.7 Å². The normalized spacial score (nSPS) is 22.9. The Morgan fingerprint density at radius 1 is 1.50 bits per heavy atom. The van der Waals surface area contributed by atoms with Crippen molar-refractivity contribution in [2.75, 3.05) is 12.3 Å². The lowest BCUT2D eigenvalue weighted by atomic mass is 10.2. The summed E-state index contributed by atoms with van der Waals surface area (Å²) in [4.78, 5) is 0. The van der Waals surface area contributed by atoms with Crippen molar-refractivity contribution in [3.63, 3.8) is 0 Å². The topological polar surface area (TPSA) is 12.0 Å². The lowest BCUT2D eigenvalue weighted by Crippen LogP contribution is -2.11. The number of hydrogen-bond donors (Lipinski definition) is 1. The molecule has 0 bridgehead atoms. The van der Waals surface area contributed by atoms with E-state index in [1.54, 1.807) is 0 Å². The predicted molar refractivity (Wildman–Crippen MR) is 57.3 cm³/mol. The zero-order valence-corrected chi connectivity index (χ0v) is 8.99. The SMILES string of the molecule is Brc1cccc([C@@H]2NCCS2)c1. The van der Waals surface area contributed by atoms with Crippen LogP contribution in [0.5, 0.6) is 0 Å². The third-order valence-electron chi connectivity index (χ3n) is 1.87. The lowest BCUT2D eigenvalue weighted by molar-refractivity contribution is 0.751. The Balaban J connectivity index is 2.21. The molecule has 1 aromatic carbocycles. The summed E-state index contributed by atoms with van der Waals surface area (Å²) in [6.45, 7) is 1.13. The van der Waals surface area contributed by atoms with Gasteiger partial charge in [-0.1, -0.05) is 28.1 Å². The molecule has 1 aromatic rings. The number of halogens is 1. The maximum Gasteiger partial charge on any atom is 0.0790 e. The van der Waals surface area contributed by atoms with E-state index in [0.717, 1.165) is 11.0 Å². The van der Waals surface area contributed by atoms with Crippen molar-refractivity contribution in [3.8, 4) is 0 Å². The zero-order valence-electron chi connectivity index (χ0n) is 6.59. The zero-order chi connectivity index (χ0) is 8.39. The van der Waals surface area contributed by atoms with Gasteiger partial charge in [-0.2, -0.15) is 0 Å². The Bertz CT molecular complexity index is 271. The van der Waals surface area contributed by atoms with Crippen molar-refractivity contribution in [3.05, 3.63) is 34.3 Å². The van der Waals surface area contributed by atoms with Crippen molar-refractivity contribution in [1.82, 2.24) is 5.32 Å².